The molecule has 3 aromatic carbocycles. The van der Waals surface area contributed by atoms with Crippen LogP contribution in [0.1, 0.15) is 68.7 Å². The van der Waals surface area contributed by atoms with Crippen molar-refractivity contribution in [1.29, 1.82) is 0 Å². The predicted molar refractivity (Wildman–Crippen MR) is 129 cm³/mol. The van der Waals surface area contributed by atoms with Crippen molar-refractivity contribution in [2.45, 2.75) is 51.4 Å². The zero-order chi connectivity index (χ0) is 22.1. The third-order valence-corrected chi connectivity index (χ3v) is 5.78. The molecule has 3 aromatic rings. The van der Waals surface area contributed by atoms with Crippen molar-refractivity contribution in [3.05, 3.63) is 108 Å². The molecule has 0 atom stereocenters. The van der Waals surface area contributed by atoms with Gasteiger partial charge in [0.05, 0.1) is 11.1 Å². The molecule has 2 N–H and O–H groups in total. The van der Waals surface area contributed by atoms with E-state index in [4.69, 9.17) is 10.2 Å². The summed E-state index contributed by atoms with van der Waals surface area (Å²) in [6.45, 7) is 0. The summed E-state index contributed by atoms with van der Waals surface area (Å²) in [6.07, 6.45) is 11.2. The second-order valence-corrected chi connectivity index (χ2v) is 7.91. The normalized spacial score (nSPS) is 13.1. The summed E-state index contributed by atoms with van der Waals surface area (Å²) < 4.78 is 0. The van der Waals surface area contributed by atoms with Crippen LogP contribution in [0.5, 0.6) is 0 Å². The summed E-state index contributed by atoms with van der Waals surface area (Å²) in [4.78, 5) is 20.4. The third kappa shape index (κ3) is 8.38. The topological polar surface area (TPSA) is 74.6 Å². The van der Waals surface area contributed by atoms with E-state index in [-0.39, 0.29) is 29.1 Å². The van der Waals surface area contributed by atoms with Crippen molar-refractivity contribution in [3.63, 3.8) is 0 Å². The minimum Gasteiger partial charge on any atom is -0.478 e. The number of carboxylic acids is 2. The second kappa shape index (κ2) is 14.6. The van der Waals surface area contributed by atoms with Gasteiger partial charge in [0.25, 0.3) is 0 Å². The van der Waals surface area contributed by atoms with Crippen molar-refractivity contribution in [1.82, 2.24) is 0 Å². The number of rotatable bonds is 2. The van der Waals surface area contributed by atoms with Crippen LogP contribution in [0.4, 0.5) is 0 Å². The SMILES string of the molecule is O=C(O)c1ccccc1.O=C(O)c1ccccc1.[CH3-].[Ti+2].[cH-]1c2c(c3c1CCCC3)CCCC2. The molecule has 0 unspecified atom stereocenters. The summed E-state index contributed by atoms with van der Waals surface area (Å²) in [5.74, 6) is -1.76. The van der Waals surface area contributed by atoms with E-state index in [2.05, 4.69) is 6.07 Å². The van der Waals surface area contributed by atoms with Gasteiger partial charge in [-0.3, -0.25) is 0 Å². The van der Waals surface area contributed by atoms with Crippen LogP contribution >= 0.6 is 0 Å². The maximum absolute atomic E-state index is 10.2. The van der Waals surface area contributed by atoms with Crippen LogP contribution in [-0.2, 0) is 47.4 Å². The standard InChI is InChI=1S/C13H17.2C7H6O2.CH3.Ti/c1-3-7-12-10(5-1)9-11-6-2-4-8-13(11)12;2*8-7(9)6-4-2-1-3-5-6;;/h9H,1-8H2;2*1-5H,(H,8,9);1H3;/q-1;;;-1;+2. The van der Waals surface area contributed by atoms with Gasteiger partial charge in [0.2, 0.25) is 0 Å². The molecule has 5 rings (SSSR count). The molecule has 33 heavy (non-hydrogen) atoms. The largest absolute Gasteiger partial charge is 2.00 e. The van der Waals surface area contributed by atoms with Crippen LogP contribution in [0.25, 0.3) is 0 Å². The van der Waals surface area contributed by atoms with Gasteiger partial charge in [-0.25, -0.2) is 9.59 Å². The monoisotopic (exact) mass is 480 g/mol. The number of hydrogen-bond donors (Lipinski definition) is 2. The van der Waals surface area contributed by atoms with Crippen LogP contribution < -0.4 is 0 Å². The van der Waals surface area contributed by atoms with Crippen LogP contribution in [0.3, 0.4) is 0 Å². The van der Waals surface area contributed by atoms with E-state index in [0.717, 1.165) is 0 Å². The molecular formula is C28H32O4Ti. The quantitative estimate of drug-likeness (QED) is 0.330. The van der Waals surface area contributed by atoms with Gasteiger partial charge in [-0.1, -0.05) is 87.8 Å². The molecule has 2 aliphatic rings. The predicted octanol–water partition coefficient (Wildman–Crippen LogP) is 6.38. The molecule has 0 radical (unpaired) electrons. The van der Waals surface area contributed by atoms with Gasteiger partial charge in [-0.2, -0.15) is 28.3 Å². The summed E-state index contributed by atoms with van der Waals surface area (Å²) in [7, 11) is 0. The zero-order valence-corrected chi connectivity index (χ0v) is 20.8. The molecule has 0 amide bonds. The Morgan fingerprint density at radius 1 is 0.606 bits per heavy atom. The van der Waals surface area contributed by atoms with Crippen molar-refractivity contribution in [3.8, 4) is 0 Å². The van der Waals surface area contributed by atoms with E-state index >= 15 is 0 Å². The minimum absolute atomic E-state index is 0. The van der Waals surface area contributed by atoms with Crippen LogP contribution in [0.2, 0.25) is 0 Å². The van der Waals surface area contributed by atoms with Crippen molar-refractivity contribution in [2.75, 3.05) is 0 Å². The Kier molecular flexibility index (Phi) is 12.6. The van der Waals surface area contributed by atoms with Crippen molar-refractivity contribution >= 4 is 11.9 Å². The van der Waals surface area contributed by atoms with E-state index < -0.39 is 11.9 Å². The fourth-order valence-electron chi connectivity index (χ4n) is 4.24. The molecule has 0 saturated heterocycles. The molecule has 0 bridgehead atoms. The molecule has 5 heteroatoms. The number of fused-ring (bicyclic) bond motifs is 3. The number of carboxylic acid groups (broad SMARTS) is 2. The van der Waals surface area contributed by atoms with Gasteiger partial charge in [0.15, 0.2) is 0 Å². The van der Waals surface area contributed by atoms with Crippen molar-refractivity contribution < 1.29 is 41.5 Å². The Hall–Kier alpha value is -2.56. The number of hydrogen-bond acceptors (Lipinski definition) is 2. The van der Waals surface area contributed by atoms with Crippen LogP contribution in [0, 0.1) is 7.43 Å². The number of carbonyl (C=O) groups is 2. The fourth-order valence-corrected chi connectivity index (χ4v) is 4.24. The van der Waals surface area contributed by atoms with E-state index in [1.807, 2.05) is 0 Å². The Balaban J connectivity index is 0.000000247. The number of aromatic carboxylic acids is 2. The van der Waals surface area contributed by atoms with Gasteiger partial charge >= 0.3 is 33.7 Å². The fraction of sp³-hybridized carbons (Fsp3) is 0.286. The summed E-state index contributed by atoms with van der Waals surface area (Å²) >= 11 is 0. The first kappa shape index (κ1) is 28.5. The first-order valence-corrected chi connectivity index (χ1v) is 10.9. The average molecular weight is 480 g/mol. The first-order chi connectivity index (χ1) is 15.1. The summed E-state index contributed by atoms with van der Waals surface area (Å²) in [5.41, 5.74) is 7.60. The van der Waals surface area contributed by atoms with Gasteiger partial charge < -0.3 is 17.6 Å². The molecule has 0 saturated carbocycles. The van der Waals surface area contributed by atoms with E-state index in [1.165, 1.54) is 51.4 Å². The summed E-state index contributed by atoms with van der Waals surface area (Å²) in [5, 5.41) is 16.8. The van der Waals surface area contributed by atoms with Crippen LogP contribution in [-0.4, -0.2) is 22.2 Å². The van der Waals surface area contributed by atoms with Gasteiger partial charge in [-0.05, 0) is 24.3 Å². The van der Waals surface area contributed by atoms with Gasteiger partial charge in [-0.15, -0.1) is 0 Å². The Bertz CT molecular complexity index is 913. The molecule has 0 fully saturated rings. The maximum atomic E-state index is 10.2. The molecular weight excluding hydrogens is 448 g/mol. The molecule has 172 valence electrons. The number of aryl methyl sites for hydroxylation is 2. The van der Waals surface area contributed by atoms with E-state index in [0.29, 0.717) is 11.1 Å². The van der Waals surface area contributed by atoms with Gasteiger partial charge in [0, 0.05) is 0 Å². The first-order valence-electron chi connectivity index (χ1n) is 10.9. The smallest absolute Gasteiger partial charge is 0.478 e. The molecule has 0 heterocycles. The molecule has 2 aliphatic carbocycles. The second-order valence-electron chi connectivity index (χ2n) is 7.91. The molecule has 0 spiro atoms. The molecule has 0 aliphatic heterocycles. The van der Waals surface area contributed by atoms with Crippen LogP contribution in [0.15, 0.2) is 66.7 Å². The molecule has 4 nitrogen and oxygen atoms in total. The minimum atomic E-state index is -0.879. The third-order valence-electron chi connectivity index (χ3n) is 5.78. The summed E-state index contributed by atoms with van der Waals surface area (Å²) in [6, 6.07) is 19.1. The Morgan fingerprint density at radius 2 is 0.939 bits per heavy atom. The molecule has 0 aromatic heterocycles. The van der Waals surface area contributed by atoms with E-state index in [1.54, 1.807) is 82.9 Å². The number of benzene rings is 2. The maximum Gasteiger partial charge on any atom is 2.00 e. The average Bonchev–Trinajstić information content (AvgIpc) is 3.20. The van der Waals surface area contributed by atoms with Gasteiger partial charge in [0.1, 0.15) is 0 Å². The van der Waals surface area contributed by atoms with Crippen molar-refractivity contribution in [2.24, 2.45) is 0 Å². The Labute approximate surface area is 211 Å². The zero-order valence-electron chi connectivity index (χ0n) is 19.2. The Morgan fingerprint density at radius 3 is 1.24 bits per heavy atom. The van der Waals surface area contributed by atoms with E-state index in [9.17, 15) is 9.59 Å².